The third-order valence-corrected chi connectivity index (χ3v) is 5.64. The van der Waals surface area contributed by atoms with Crippen LogP contribution in [0.5, 0.6) is 0 Å². The Balaban J connectivity index is 1.36. The van der Waals surface area contributed by atoms with Crippen LogP contribution < -0.4 is 5.32 Å². The van der Waals surface area contributed by atoms with Crippen molar-refractivity contribution in [1.29, 1.82) is 0 Å². The van der Waals surface area contributed by atoms with Crippen LogP contribution in [0.2, 0.25) is 0 Å². The molecule has 164 valence electrons. The monoisotopic (exact) mass is 422 g/mol. The summed E-state index contributed by atoms with van der Waals surface area (Å²) >= 11 is 0. The van der Waals surface area contributed by atoms with Crippen molar-refractivity contribution in [2.75, 3.05) is 31.6 Å². The van der Waals surface area contributed by atoms with E-state index in [4.69, 9.17) is 9.72 Å². The first-order valence-corrected chi connectivity index (χ1v) is 10.9. The number of aryl methyl sites for hydroxylation is 1. The fraction of sp³-hybridized carbons (Fsp3) is 0.478. The average Bonchev–Trinajstić information content (AvgIpc) is 3.20. The SMILES string of the molecule is CC(C)OCCN1CCC(C(=O)Nc2cc3nc(-c4cnn(C)c4)ccc3cn2)CC1. The van der Waals surface area contributed by atoms with Gasteiger partial charge in [-0.15, -0.1) is 0 Å². The predicted octanol–water partition coefficient (Wildman–Crippen LogP) is 3.11. The lowest BCUT2D eigenvalue weighted by Crippen LogP contribution is -2.39. The highest BCUT2D eigenvalue weighted by Crippen LogP contribution is 2.23. The van der Waals surface area contributed by atoms with Gasteiger partial charge >= 0.3 is 0 Å². The zero-order valence-electron chi connectivity index (χ0n) is 18.4. The van der Waals surface area contributed by atoms with Gasteiger partial charge in [-0.3, -0.25) is 9.48 Å². The first-order chi connectivity index (χ1) is 15.0. The van der Waals surface area contributed by atoms with E-state index in [1.807, 2.05) is 45.3 Å². The number of hydrogen-bond acceptors (Lipinski definition) is 6. The Hall–Kier alpha value is -2.84. The quantitative estimate of drug-likeness (QED) is 0.630. The normalized spacial score (nSPS) is 15.6. The van der Waals surface area contributed by atoms with Crippen LogP contribution in [0.25, 0.3) is 22.2 Å². The Bertz CT molecular complexity index is 1040. The summed E-state index contributed by atoms with van der Waals surface area (Å²) < 4.78 is 7.38. The molecule has 8 nitrogen and oxygen atoms in total. The second-order valence-corrected chi connectivity index (χ2v) is 8.39. The van der Waals surface area contributed by atoms with E-state index in [1.54, 1.807) is 17.1 Å². The van der Waals surface area contributed by atoms with Crippen molar-refractivity contribution >= 4 is 22.6 Å². The summed E-state index contributed by atoms with van der Waals surface area (Å²) in [5.41, 5.74) is 2.60. The van der Waals surface area contributed by atoms with Gasteiger partial charge in [-0.05, 0) is 51.9 Å². The van der Waals surface area contributed by atoms with Gasteiger partial charge in [-0.1, -0.05) is 0 Å². The van der Waals surface area contributed by atoms with Crippen molar-refractivity contribution in [2.45, 2.75) is 32.8 Å². The number of likely N-dealkylation sites (tertiary alicyclic amines) is 1. The van der Waals surface area contributed by atoms with Gasteiger partial charge < -0.3 is 15.0 Å². The number of carbonyl (C=O) groups excluding carboxylic acids is 1. The topological polar surface area (TPSA) is 85.2 Å². The lowest BCUT2D eigenvalue weighted by atomic mass is 9.96. The maximum atomic E-state index is 12.8. The first-order valence-electron chi connectivity index (χ1n) is 10.9. The Labute approximate surface area is 182 Å². The van der Waals surface area contributed by atoms with E-state index in [1.165, 1.54) is 0 Å². The minimum Gasteiger partial charge on any atom is -0.377 e. The number of nitrogens with zero attached hydrogens (tertiary/aromatic N) is 5. The summed E-state index contributed by atoms with van der Waals surface area (Å²) in [5, 5.41) is 8.13. The van der Waals surface area contributed by atoms with Crippen LogP contribution in [0.15, 0.2) is 36.8 Å². The van der Waals surface area contributed by atoms with Gasteiger partial charge in [-0.25, -0.2) is 9.97 Å². The van der Waals surface area contributed by atoms with E-state index < -0.39 is 0 Å². The maximum absolute atomic E-state index is 12.8. The third-order valence-electron chi connectivity index (χ3n) is 5.64. The summed E-state index contributed by atoms with van der Waals surface area (Å²) in [6.07, 6.45) is 7.43. The third kappa shape index (κ3) is 5.45. The highest BCUT2D eigenvalue weighted by molar-refractivity contribution is 5.93. The van der Waals surface area contributed by atoms with Gasteiger partial charge in [0.1, 0.15) is 5.82 Å². The van der Waals surface area contributed by atoms with Crippen molar-refractivity contribution in [3.05, 3.63) is 36.8 Å². The number of carbonyl (C=O) groups is 1. The summed E-state index contributed by atoms with van der Waals surface area (Å²) in [4.78, 5) is 24.3. The second kappa shape index (κ2) is 9.53. The Kier molecular flexibility index (Phi) is 6.58. The summed E-state index contributed by atoms with van der Waals surface area (Å²) in [6, 6.07) is 5.78. The molecule has 4 rings (SSSR count). The molecule has 1 N–H and O–H groups in total. The maximum Gasteiger partial charge on any atom is 0.228 e. The summed E-state index contributed by atoms with van der Waals surface area (Å²) in [5.74, 6) is 0.587. The number of ether oxygens (including phenoxy) is 1. The molecule has 3 aromatic heterocycles. The molecule has 1 saturated heterocycles. The number of nitrogens with one attached hydrogen (secondary N) is 1. The predicted molar refractivity (Wildman–Crippen MR) is 121 cm³/mol. The lowest BCUT2D eigenvalue weighted by Gasteiger charge is -2.31. The smallest absolute Gasteiger partial charge is 0.228 e. The van der Waals surface area contributed by atoms with Crippen LogP contribution >= 0.6 is 0 Å². The van der Waals surface area contributed by atoms with Crippen molar-refractivity contribution in [3.8, 4) is 11.3 Å². The Morgan fingerprint density at radius 3 is 2.77 bits per heavy atom. The molecule has 8 heteroatoms. The first kappa shape index (κ1) is 21.4. The second-order valence-electron chi connectivity index (χ2n) is 8.39. The molecular weight excluding hydrogens is 392 g/mol. The number of hydrogen-bond donors (Lipinski definition) is 1. The van der Waals surface area contributed by atoms with E-state index in [-0.39, 0.29) is 17.9 Å². The standard InChI is InChI=1S/C23H30N6O2/c1-16(2)31-11-10-29-8-6-17(7-9-29)23(30)27-22-12-21-18(13-24-22)4-5-20(26-21)19-14-25-28(3)15-19/h4-5,12-17H,6-11H2,1-3H3,(H,24,27,30). The molecule has 0 aromatic carbocycles. The van der Waals surface area contributed by atoms with Crippen LogP contribution in [-0.4, -0.2) is 62.9 Å². The van der Waals surface area contributed by atoms with Gasteiger partial charge in [0.2, 0.25) is 5.91 Å². The van der Waals surface area contributed by atoms with Gasteiger partial charge in [0.05, 0.1) is 30.1 Å². The van der Waals surface area contributed by atoms with E-state index in [0.717, 1.165) is 61.2 Å². The molecule has 0 aliphatic carbocycles. The van der Waals surface area contributed by atoms with E-state index in [9.17, 15) is 4.79 Å². The van der Waals surface area contributed by atoms with Crippen molar-refractivity contribution < 1.29 is 9.53 Å². The minimum absolute atomic E-state index is 0.00875. The van der Waals surface area contributed by atoms with E-state index in [0.29, 0.717) is 5.82 Å². The molecule has 4 heterocycles. The van der Waals surface area contributed by atoms with Crippen molar-refractivity contribution in [1.82, 2.24) is 24.6 Å². The summed E-state index contributed by atoms with van der Waals surface area (Å²) in [6.45, 7) is 7.59. The molecule has 0 radical (unpaired) electrons. The van der Waals surface area contributed by atoms with Gasteiger partial charge in [0, 0.05) is 48.9 Å². The molecule has 1 fully saturated rings. The minimum atomic E-state index is 0.00875. The highest BCUT2D eigenvalue weighted by atomic mass is 16.5. The average molecular weight is 423 g/mol. The fourth-order valence-corrected chi connectivity index (χ4v) is 3.86. The van der Waals surface area contributed by atoms with E-state index >= 15 is 0 Å². The largest absolute Gasteiger partial charge is 0.377 e. The number of amides is 1. The van der Waals surface area contributed by atoms with Crippen LogP contribution in [0, 0.1) is 5.92 Å². The van der Waals surface area contributed by atoms with Crippen LogP contribution in [0.3, 0.4) is 0 Å². The lowest BCUT2D eigenvalue weighted by molar-refractivity contribution is -0.121. The molecule has 3 aromatic rings. The van der Waals surface area contributed by atoms with Crippen LogP contribution in [0.4, 0.5) is 5.82 Å². The number of fused-ring (bicyclic) bond motifs is 1. The highest BCUT2D eigenvalue weighted by Gasteiger charge is 2.25. The Morgan fingerprint density at radius 1 is 1.26 bits per heavy atom. The van der Waals surface area contributed by atoms with Gasteiger partial charge in [-0.2, -0.15) is 5.10 Å². The number of rotatable bonds is 7. The zero-order chi connectivity index (χ0) is 21.8. The van der Waals surface area contributed by atoms with Gasteiger partial charge in [0.25, 0.3) is 0 Å². The number of aromatic nitrogens is 4. The molecule has 0 saturated carbocycles. The number of pyridine rings is 2. The molecule has 0 unspecified atom stereocenters. The molecule has 0 spiro atoms. The van der Waals surface area contributed by atoms with Crippen LogP contribution in [0.1, 0.15) is 26.7 Å². The molecule has 1 aliphatic heterocycles. The van der Waals surface area contributed by atoms with Crippen molar-refractivity contribution in [2.24, 2.45) is 13.0 Å². The molecular formula is C23H30N6O2. The molecule has 0 atom stereocenters. The molecule has 1 aliphatic rings. The molecule has 31 heavy (non-hydrogen) atoms. The molecule has 0 bridgehead atoms. The van der Waals surface area contributed by atoms with E-state index in [2.05, 4.69) is 20.3 Å². The van der Waals surface area contributed by atoms with Crippen molar-refractivity contribution in [3.63, 3.8) is 0 Å². The summed E-state index contributed by atoms with van der Waals surface area (Å²) in [7, 11) is 1.88. The Morgan fingerprint density at radius 2 is 2.06 bits per heavy atom. The number of piperidine rings is 1. The molecule has 1 amide bonds. The number of anilines is 1. The zero-order valence-corrected chi connectivity index (χ0v) is 18.4. The fourth-order valence-electron chi connectivity index (χ4n) is 3.86. The van der Waals surface area contributed by atoms with Gasteiger partial charge in [0.15, 0.2) is 0 Å². The van der Waals surface area contributed by atoms with Crippen LogP contribution in [-0.2, 0) is 16.6 Å².